The number of ketones is 1. The maximum absolute atomic E-state index is 13.6. The van der Waals surface area contributed by atoms with Crippen LogP contribution in [0.1, 0.15) is 42.0 Å². The van der Waals surface area contributed by atoms with Gasteiger partial charge >= 0.3 is 5.97 Å². The molecule has 1 N–H and O–H groups in total. The van der Waals surface area contributed by atoms with E-state index in [9.17, 15) is 14.4 Å². The van der Waals surface area contributed by atoms with Gasteiger partial charge in [0.05, 0.1) is 6.61 Å². The molecule has 0 saturated carbocycles. The van der Waals surface area contributed by atoms with Gasteiger partial charge in [0.15, 0.2) is 5.78 Å². The Morgan fingerprint density at radius 3 is 2.61 bits per heavy atom. The topological polar surface area (TPSA) is 72.5 Å². The van der Waals surface area contributed by atoms with Crippen LogP contribution in [0.4, 0.5) is 0 Å². The van der Waals surface area contributed by atoms with E-state index in [0.717, 1.165) is 10.4 Å². The third-order valence-electron chi connectivity index (χ3n) is 5.38. The number of esters is 1. The van der Waals surface area contributed by atoms with Gasteiger partial charge in [-0.15, -0.1) is 11.3 Å². The van der Waals surface area contributed by atoms with Crippen molar-refractivity contribution in [3.05, 3.63) is 69.6 Å². The number of ether oxygens (including phenoxy) is 1. The molecule has 1 aliphatic carbocycles. The van der Waals surface area contributed by atoms with E-state index in [2.05, 4.69) is 5.32 Å². The van der Waals surface area contributed by atoms with Crippen LogP contribution in [0.25, 0.3) is 0 Å². The monoisotopic (exact) mass is 395 g/mol. The van der Waals surface area contributed by atoms with Crippen molar-refractivity contribution in [2.24, 2.45) is 5.92 Å². The van der Waals surface area contributed by atoms with Crippen LogP contribution >= 0.6 is 11.3 Å². The second-order valence-electron chi connectivity index (χ2n) is 7.03. The quantitative estimate of drug-likeness (QED) is 0.635. The highest BCUT2D eigenvalue weighted by molar-refractivity contribution is 7.10. The number of allylic oxidation sites excluding steroid dienone is 2. The van der Waals surface area contributed by atoms with Gasteiger partial charge < -0.3 is 10.1 Å². The first-order chi connectivity index (χ1) is 13.6. The van der Waals surface area contributed by atoms with Gasteiger partial charge in [-0.25, -0.2) is 0 Å². The molecule has 1 aromatic heterocycles. The van der Waals surface area contributed by atoms with Crippen LogP contribution in [0.3, 0.4) is 0 Å². The lowest BCUT2D eigenvalue weighted by atomic mass is 9.69. The summed E-state index contributed by atoms with van der Waals surface area (Å²) in [6.07, 6.45) is 0.647. The first-order valence-corrected chi connectivity index (χ1v) is 10.3. The van der Waals surface area contributed by atoms with E-state index in [-0.39, 0.29) is 36.6 Å². The first kappa shape index (κ1) is 18.6. The van der Waals surface area contributed by atoms with Gasteiger partial charge in [-0.2, -0.15) is 0 Å². The molecule has 0 radical (unpaired) electrons. The molecule has 2 heterocycles. The number of Topliss-reactive ketones (excluding diaryl/α,β-unsaturated/α-hetero) is 1. The SMILES string of the molecule is CCOC(=O)[C@H]1C(=O)C2=C(C[C@H]1c1cccs1)NC(=O)C[C@H]2c1ccccc1. The molecule has 0 spiro atoms. The van der Waals surface area contributed by atoms with Gasteiger partial charge in [-0.05, 0) is 30.4 Å². The predicted octanol–water partition coefficient (Wildman–Crippen LogP) is 3.54. The summed E-state index contributed by atoms with van der Waals surface area (Å²) in [6, 6.07) is 13.4. The molecule has 28 heavy (non-hydrogen) atoms. The summed E-state index contributed by atoms with van der Waals surface area (Å²) in [7, 11) is 0. The number of hydrogen-bond donors (Lipinski definition) is 1. The second-order valence-corrected chi connectivity index (χ2v) is 8.01. The fourth-order valence-electron chi connectivity index (χ4n) is 4.19. The maximum Gasteiger partial charge on any atom is 0.317 e. The van der Waals surface area contributed by atoms with Crippen molar-refractivity contribution in [3.8, 4) is 0 Å². The summed E-state index contributed by atoms with van der Waals surface area (Å²) in [5.41, 5.74) is 2.11. The molecular weight excluding hydrogens is 374 g/mol. The second kappa shape index (κ2) is 7.72. The molecule has 6 heteroatoms. The Kier molecular flexibility index (Phi) is 5.13. The molecule has 1 aromatic carbocycles. The number of carbonyl (C=O) groups excluding carboxylic acids is 3. The molecule has 5 nitrogen and oxygen atoms in total. The number of benzene rings is 1. The van der Waals surface area contributed by atoms with Gasteiger partial charge in [-0.3, -0.25) is 14.4 Å². The third kappa shape index (κ3) is 3.29. The van der Waals surface area contributed by atoms with Crippen LogP contribution in [-0.2, 0) is 19.1 Å². The summed E-state index contributed by atoms with van der Waals surface area (Å²) < 4.78 is 5.26. The molecule has 144 valence electrons. The molecule has 1 amide bonds. The molecule has 0 bridgehead atoms. The number of carbonyl (C=O) groups is 3. The number of thiophene rings is 1. The summed E-state index contributed by atoms with van der Waals surface area (Å²) in [4.78, 5) is 39.6. The van der Waals surface area contributed by atoms with Crippen molar-refractivity contribution >= 4 is 29.0 Å². The van der Waals surface area contributed by atoms with E-state index in [1.54, 1.807) is 6.92 Å². The molecule has 0 saturated heterocycles. The normalized spacial score (nSPS) is 24.5. The van der Waals surface area contributed by atoms with Crippen molar-refractivity contribution in [1.29, 1.82) is 0 Å². The minimum Gasteiger partial charge on any atom is -0.465 e. The van der Waals surface area contributed by atoms with Gasteiger partial charge in [0.1, 0.15) is 5.92 Å². The predicted molar refractivity (Wildman–Crippen MR) is 106 cm³/mol. The van der Waals surface area contributed by atoms with Gasteiger partial charge in [0.2, 0.25) is 5.91 Å². The van der Waals surface area contributed by atoms with E-state index in [0.29, 0.717) is 17.7 Å². The highest BCUT2D eigenvalue weighted by Crippen LogP contribution is 2.46. The van der Waals surface area contributed by atoms with E-state index < -0.39 is 11.9 Å². The minimum absolute atomic E-state index is 0.0973. The molecule has 4 rings (SSSR count). The lowest BCUT2D eigenvalue weighted by Gasteiger charge is -2.37. The number of hydrogen-bond acceptors (Lipinski definition) is 5. The highest BCUT2D eigenvalue weighted by Gasteiger charge is 2.47. The van der Waals surface area contributed by atoms with Crippen LogP contribution in [0.2, 0.25) is 0 Å². The van der Waals surface area contributed by atoms with E-state index in [1.807, 2.05) is 47.8 Å². The number of amides is 1. The van der Waals surface area contributed by atoms with Gasteiger partial charge in [0, 0.05) is 34.4 Å². The Bertz CT molecular complexity index is 933. The van der Waals surface area contributed by atoms with Crippen molar-refractivity contribution in [2.45, 2.75) is 31.6 Å². The Hall–Kier alpha value is -2.73. The molecular formula is C22H21NO4S. The molecule has 0 fully saturated rings. The number of nitrogens with one attached hydrogen (secondary N) is 1. The van der Waals surface area contributed by atoms with Gasteiger partial charge in [-0.1, -0.05) is 36.4 Å². The Labute approximate surface area is 167 Å². The molecule has 0 unspecified atom stereocenters. The van der Waals surface area contributed by atoms with Crippen LogP contribution in [0.15, 0.2) is 59.1 Å². The fourth-order valence-corrected chi connectivity index (χ4v) is 5.06. The highest BCUT2D eigenvalue weighted by atomic mass is 32.1. The standard InChI is InChI=1S/C22H21NO4S/c1-2-27-22(26)20-15(17-9-6-10-28-17)11-16-19(21(20)25)14(12-18(24)23-16)13-7-4-3-5-8-13/h3-10,14-15,20H,2,11-12H2,1H3,(H,23,24)/t14-,15-,20+/m0/s1. The largest absolute Gasteiger partial charge is 0.465 e. The van der Waals surface area contributed by atoms with E-state index >= 15 is 0 Å². The maximum atomic E-state index is 13.6. The molecule has 1 aliphatic heterocycles. The zero-order valence-corrected chi connectivity index (χ0v) is 16.3. The first-order valence-electron chi connectivity index (χ1n) is 9.42. The Morgan fingerprint density at radius 2 is 1.93 bits per heavy atom. The van der Waals surface area contributed by atoms with Crippen molar-refractivity contribution < 1.29 is 19.1 Å². The zero-order chi connectivity index (χ0) is 19.7. The molecule has 2 aromatic rings. The van der Waals surface area contributed by atoms with Crippen molar-refractivity contribution in [2.75, 3.05) is 6.61 Å². The molecule has 2 aliphatic rings. The average molecular weight is 395 g/mol. The number of rotatable bonds is 4. The fraction of sp³-hybridized carbons (Fsp3) is 0.318. The van der Waals surface area contributed by atoms with Crippen LogP contribution in [0.5, 0.6) is 0 Å². The summed E-state index contributed by atoms with van der Waals surface area (Å²) in [5.74, 6) is -2.34. The summed E-state index contributed by atoms with van der Waals surface area (Å²) in [5, 5.41) is 4.83. The van der Waals surface area contributed by atoms with Crippen molar-refractivity contribution in [3.63, 3.8) is 0 Å². The Balaban J connectivity index is 1.81. The minimum atomic E-state index is -0.876. The lowest BCUT2D eigenvalue weighted by molar-refractivity contribution is -0.152. The molecule has 3 atom stereocenters. The van der Waals surface area contributed by atoms with Crippen LogP contribution in [0, 0.1) is 5.92 Å². The van der Waals surface area contributed by atoms with E-state index in [4.69, 9.17) is 4.74 Å². The average Bonchev–Trinajstić information content (AvgIpc) is 3.22. The van der Waals surface area contributed by atoms with E-state index in [1.165, 1.54) is 11.3 Å². The third-order valence-corrected chi connectivity index (χ3v) is 6.38. The lowest BCUT2D eigenvalue weighted by Crippen LogP contribution is -2.44. The smallest absolute Gasteiger partial charge is 0.317 e. The van der Waals surface area contributed by atoms with Crippen LogP contribution in [-0.4, -0.2) is 24.3 Å². The Morgan fingerprint density at radius 1 is 1.14 bits per heavy atom. The summed E-state index contributed by atoms with van der Waals surface area (Å²) >= 11 is 1.51. The summed E-state index contributed by atoms with van der Waals surface area (Å²) in [6.45, 7) is 1.97. The van der Waals surface area contributed by atoms with Crippen LogP contribution < -0.4 is 5.32 Å². The zero-order valence-electron chi connectivity index (χ0n) is 15.5. The van der Waals surface area contributed by atoms with Crippen molar-refractivity contribution in [1.82, 2.24) is 5.32 Å². The van der Waals surface area contributed by atoms with Gasteiger partial charge in [0.25, 0.3) is 0 Å².